The molecule has 154 valence electrons. The average Bonchev–Trinajstić information content (AvgIpc) is 2.82. The van der Waals surface area contributed by atoms with E-state index in [2.05, 4.69) is 19.1 Å². The molecule has 4 rings (SSSR count). The SMILES string of the molecule is CCSCc1ccc2c(c1)-c1cn(C)c(=O)cc1[C@H](C)N=C2c1ccc(F)cc1O. The molecule has 2 heterocycles. The highest BCUT2D eigenvalue weighted by molar-refractivity contribution is 7.98. The van der Waals surface area contributed by atoms with Gasteiger partial charge in [0.05, 0.1) is 11.8 Å². The Morgan fingerprint density at radius 3 is 2.60 bits per heavy atom. The van der Waals surface area contributed by atoms with Crippen LogP contribution in [0.15, 0.2) is 58.4 Å². The highest BCUT2D eigenvalue weighted by Gasteiger charge is 2.25. The number of aliphatic imine (C=N–C) groups is 1. The zero-order valence-corrected chi connectivity index (χ0v) is 18.0. The normalized spacial score (nSPS) is 15.2. The van der Waals surface area contributed by atoms with E-state index in [9.17, 15) is 14.3 Å². The molecule has 2 aromatic carbocycles. The van der Waals surface area contributed by atoms with Crippen LogP contribution in [0.3, 0.4) is 0 Å². The third-order valence-electron chi connectivity index (χ3n) is 5.35. The fourth-order valence-electron chi connectivity index (χ4n) is 3.80. The van der Waals surface area contributed by atoms with Crippen LogP contribution in [0, 0.1) is 5.82 Å². The molecule has 0 aliphatic carbocycles. The van der Waals surface area contributed by atoms with Gasteiger partial charge in [-0.05, 0) is 47.6 Å². The van der Waals surface area contributed by atoms with Crippen molar-refractivity contribution in [3.05, 3.63) is 87.1 Å². The highest BCUT2D eigenvalue weighted by Crippen LogP contribution is 2.38. The molecule has 1 aliphatic rings. The summed E-state index contributed by atoms with van der Waals surface area (Å²) in [6.45, 7) is 4.06. The summed E-state index contributed by atoms with van der Waals surface area (Å²) in [7, 11) is 1.74. The number of pyridine rings is 1. The summed E-state index contributed by atoms with van der Waals surface area (Å²) in [4.78, 5) is 17.2. The quantitative estimate of drug-likeness (QED) is 0.639. The molecule has 0 amide bonds. The van der Waals surface area contributed by atoms with Crippen molar-refractivity contribution in [2.75, 3.05) is 5.75 Å². The highest BCUT2D eigenvalue weighted by atomic mass is 32.2. The second-order valence-electron chi connectivity index (χ2n) is 7.42. The molecule has 0 saturated carbocycles. The van der Waals surface area contributed by atoms with E-state index in [-0.39, 0.29) is 17.4 Å². The maximum Gasteiger partial charge on any atom is 0.250 e. The number of rotatable bonds is 4. The fourth-order valence-corrected chi connectivity index (χ4v) is 4.42. The van der Waals surface area contributed by atoms with Gasteiger partial charge in [0.2, 0.25) is 0 Å². The molecule has 1 aliphatic heterocycles. The molecule has 0 spiro atoms. The second-order valence-corrected chi connectivity index (χ2v) is 8.70. The van der Waals surface area contributed by atoms with Crippen LogP contribution in [0.4, 0.5) is 4.39 Å². The zero-order valence-electron chi connectivity index (χ0n) is 17.1. The molecule has 0 radical (unpaired) electrons. The van der Waals surface area contributed by atoms with Gasteiger partial charge in [-0.1, -0.05) is 19.1 Å². The molecule has 0 unspecified atom stereocenters. The maximum absolute atomic E-state index is 13.6. The van der Waals surface area contributed by atoms with Gasteiger partial charge in [-0.2, -0.15) is 11.8 Å². The predicted molar refractivity (Wildman–Crippen MR) is 121 cm³/mol. The van der Waals surface area contributed by atoms with Crippen molar-refractivity contribution in [2.45, 2.75) is 25.6 Å². The molecule has 30 heavy (non-hydrogen) atoms. The second kappa shape index (κ2) is 8.11. The van der Waals surface area contributed by atoms with Crippen LogP contribution in [0.1, 0.15) is 42.1 Å². The van der Waals surface area contributed by atoms with Gasteiger partial charge in [0.1, 0.15) is 11.6 Å². The lowest BCUT2D eigenvalue weighted by atomic mass is 9.91. The summed E-state index contributed by atoms with van der Waals surface area (Å²) >= 11 is 1.84. The van der Waals surface area contributed by atoms with Crippen molar-refractivity contribution < 1.29 is 9.50 Å². The summed E-state index contributed by atoms with van der Waals surface area (Å²) < 4.78 is 15.2. The first kappa shape index (κ1) is 20.4. The van der Waals surface area contributed by atoms with E-state index in [1.165, 1.54) is 11.6 Å². The topological polar surface area (TPSA) is 54.6 Å². The summed E-state index contributed by atoms with van der Waals surface area (Å²) in [5, 5.41) is 10.4. The number of halogens is 1. The summed E-state index contributed by atoms with van der Waals surface area (Å²) in [5.74, 6) is 1.25. The predicted octanol–water partition coefficient (Wildman–Crippen LogP) is 5.06. The van der Waals surface area contributed by atoms with E-state index < -0.39 is 5.82 Å². The van der Waals surface area contributed by atoms with Crippen LogP contribution < -0.4 is 5.56 Å². The van der Waals surface area contributed by atoms with E-state index in [0.29, 0.717) is 11.3 Å². The maximum atomic E-state index is 13.6. The lowest BCUT2D eigenvalue weighted by Crippen LogP contribution is -2.17. The Kier molecular flexibility index (Phi) is 5.52. The minimum absolute atomic E-state index is 0.0943. The Morgan fingerprint density at radius 2 is 1.87 bits per heavy atom. The molecule has 0 saturated heterocycles. The van der Waals surface area contributed by atoms with Crippen LogP contribution in [0.5, 0.6) is 5.75 Å². The van der Waals surface area contributed by atoms with Crippen molar-refractivity contribution >= 4 is 17.5 Å². The van der Waals surface area contributed by atoms with Crippen LogP contribution in [0.2, 0.25) is 0 Å². The number of thioether (sulfide) groups is 1. The Labute approximate surface area is 179 Å². The monoisotopic (exact) mass is 422 g/mol. The first-order valence-corrected chi connectivity index (χ1v) is 11.0. The van der Waals surface area contributed by atoms with E-state index in [4.69, 9.17) is 4.99 Å². The molecule has 1 aromatic heterocycles. The number of phenols is 1. The molecular formula is C24H23FN2O2S. The van der Waals surface area contributed by atoms with Gasteiger partial charge < -0.3 is 9.67 Å². The molecule has 4 nitrogen and oxygen atoms in total. The number of aromatic hydroxyl groups is 1. The van der Waals surface area contributed by atoms with Crippen LogP contribution >= 0.6 is 11.8 Å². The number of nitrogens with zero attached hydrogens (tertiary/aromatic N) is 2. The lowest BCUT2D eigenvalue weighted by molar-refractivity contribution is 0.468. The number of aryl methyl sites for hydroxylation is 1. The number of phenolic OH excluding ortho intramolecular Hbond substituents is 1. The molecular weight excluding hydrogens is 399 g/mol. The molecule has 0 bridgehead atoms. The Balaban J connectivity index is 2.00. The molecule has 0 fully saturated rings. The third kappa shape index (κ3) is 3.67. The van der Waals surface area contributed by atoms with Crippen molar-refractivity contribution in [3.8, 4) is 16.9 Å². The fraction of sp³-hybridized carbons (Fsp3) is 0.250. The van der Waals surface area contributed by atoms with Gasteiger partial charge in [-0.3, -0.25) is 9.79 Å². The van der Waals surface area contributed by atoms with Gasteiger partial charge >= 0.3 is 0 Å². The van der Waals surface area contributed by atoms with E-state index >= 15 is 0 Å². The largest absolute Gasteiger partial charge is 0.507 e. The van der Waals surface area contributed by atoms with Crippen LogP contribution in [0.25, 0.3) is 11.1 Å². The van der Waals surface area contributed by atoms with Crippen LogP contribution in [-0.2, 0) is 12.8 Å². The molecule has 6 heteroatoms. The van der Waals surface area contributed by atoms with Crippen molar-refractivity contribution in [1.82, 2.24) is 4.57 Å². The number of hydrogen-bond acceptors (Lipinski definition) is 4. The molecule has 3 aromatic rings. The average molecular weight is 423 g/mol. The molecule has 1 atom stereocenters. The lowest BCUT2D eigenvalue weighted by Gasteiger charge is -2.15. The van der Waals surface area contributed by atoms with Gasteiger partial charge in [0.15, 0.2) is 0 Å². The van der Waals surface area contributed by atoms with E-state index in [0.717, 1.165) is 39.8 Å². The summed E-state index contributed by atoms with van der Waals surface area (Å²) in [6, 6.07) is 11.5. The third-order valence-corrected chi connectivity index (χ3v) is 6.30. The standard InChI is InChI=1S/C24H23FN2O2S/c1-4-30-13-15-5-7-17-20(9-15)21-12-27(3)23(29)11-19(21)14(2)26-24(17)18-8-6-16(25)10-22(18)28/h5-12,14,28H,4,13H2,1-3H3/t14-/m0/s1. The minimum atomic E-state index is -0.503. The molecule has 1 N–H and O–H groups in total. The van der Waals surface area contributed by atoms with Gasteiger partial charge in [-0.15, -0.1) is 0 Å². The Hall–Kier alpha value is -2.86. The van der Waals surface area contributed by atoms with Crippen molar-refractivity contribution in [2.24, 2.45) is 12.0 Å². The van der Waals surface area contributed by atoms with Gasteiger partial charge in [0.25, 0.3) is 5.56 Å². The zero-order chi connectivity index (χ0) is 21.4. The number of hydrogen-bond donors (Lipinski definition) is 1. The summed E-state index contributed by atoms with van der Waals surface area (Å²) in [5.41, 5.74) is 5.75. The minimum Gasteiger partial charge on any atom is -0.507 e. The van der Waals surface area contributed by atoms with E-state index in [1.54, 1.807) is 23.7 Å². The van der Waals surface area contributed by atoms with Gasteiger partial charge in [-0.25, -0.2) is 4.39 Å². The number of aromatic nitrogens is 1. The van der Waals surface area contributed by atoms with Crippen LogP contribution in [-0.4, -0.2) is 21.1 Å². The Morgan fingerprint density at radius 1 is 1.10 bits per heavy atom. The van der Waals surface area contributed by atoms with Crippen molar-refractivity contribution in [1.29, 1.82) is 0 Å². The first-order valence-electron chi connectivity index (χ1n) is 9.87. The smallest absolute Gasteiger partial charge is 0.250 e. The number of benzene rings is 2. The summed E-state index contributed by atoms with van der Waals surface area (Å²) in [6.07, 6.45) is 1.85. The van der Waals surface area contributed by atoms with Gasteiger partial charge in [0, 0.05) is 47.8 Å². The number of fused-ring (bicyclic) bond motifs is 3. The first-order chi connectivity index (χ1) is 14.4. The van der Waals surface area contributed by atoms with E-state index in [1.807, 2.05) is 30.9 Å². The Bertz CT molecular complexity index is 1220. The van der Waals surface area contributed by atoms with Crippen molar-refractivity contribution in [3.63, 3.8) is 0 Å².